The lowest BCUT2D eigenvalue weighted by Crippen LogP contribution is -2.35. The second kappa shape index (κ2) is 5.63. The predicted octanol–water partition coefficient (Wildman–Crippen LogP) is 2.56. The first-order chi connectivity index (χ1) is 8.93. The predicted molar refractivity (Wildman–Crippen MR) is 68.4 cm³/mol. The van der Waals surface area contributed by atoms with E-state index in [4.69, 9.17) is 5.73 Å². The zero-order valence-corrected chi connectivity index (χ0v) is 11.2. The first-order valence-corrected chi connectivity index (χ1v) is 7.44. The highest BCUT2D eigenvalue weighted by atomic mass is 32.2. The fraction of sp³-hybridized carbons (Fsp3) is 0.538. The molecule has 0 spiro atoms. The van der Waals surface area contributed by atoms with E-state index in [1.54, 1.807) is 18.2 Å². The zero-order chi connectivity index (χ0) is 14.0. The Hall–Kier alpha value is -0.880. The third-order valence-corrected chi connectivity index (χ3v) is 5.09. The van der Waals surface area contributed by atoms with Gasteiger partial charge < -0.3 is 5.73 Å². The SMILES string of the molecule is NCCC(S(=O)c1ccc2c(c1)CCC2)C(F)(F)F. The summed E-state index contributed by atoms with van der Waals surface area (Å²) in [6.07, 6.45) is -1.98. The summed E-state index contributed by atoms with van der Waals surface area (Å²) >= 11 is 0. The molecular formula is C13H16F3NOS. The summed E-state index contributed by atoms with van der Waals surface area (Å²) in [5.74, 6) is 0. The Kier molecular flexibility index (Phi) is 4.30. The number of hydrogen-bond donors (Lipinski definition) is 1. The number of aryl methyl sites for hydroxylation is 2. The van der Waals surface area contributed by atoms with Gasteiger partial charge >= 0.3 is 6.18 Å². The second-order valence-corrected chi connectivity index (χ2v) is 6.32. The van der Waals surface area contributed by atoms with Crippen LogP contribution in [-0.2, 0) is 23.6 Å². The van der Waals surface area contributed by atoms with Crippen LogP contribution >= 0.6 is 0 Å². The molecular weight excluding hydrogens is 275 g/mol. The van der Waals surface area contributed by atoms with E-state index in [9.17, 15) is 17.4 Å². The standard InChI is InChI=1S/C13H16F3NOS/c14-13(15,16)12(6-7-17)19(18)11-5-4-9-2-1-3-10(9)8-11/h4-5,8,12H,1-3,6-7,17H2. The van der Waals surface area contributed by atoms with Crippen molar-refractivity contribution in [2.75, 3.05) is 6.54 Å². The number of rotatable bonds is 4. The molecule has 19 heavy (non-hydrogen) atoms. The maximum atomic E-state index is 12.9. The number of hydrogen-bond acceptors (Lipinski definition) is 2. The van der Waals surface area contributed by atoms with Crippen molar-refractivity contribution in [1.29, 1.82) is 0 Å². The molecule has 0 saturated heterocycles. The Balaban J connectivity index is 2.27. The van der Waals surface area contributed by atoms with Crippen LogP contribution in [-0.4, -0.2) is 22.2 Å². The summed E-state index contributed by atoms with van der Waals surface area (Å²) in [6, 6.07) is 5.01. The minimum atomic E-state index is -4.48. The minimum absolute atomic E-state index is 0.124. The zero-order valence-electron chi connectivity index (χ0n) is 10.4. The van der Waals surface area contributed by atoms with Crippen LogP contribution in [0.1, 0.15) is 24.0 Å². The van der Waals surface area contributed by atoms with Crippen LogP contribution in [0, 0.1) is 0 Å². The lowest BCUT2D eigenvalue weighted by Gasteiger charge is -2.19. The van der Waals surface area contributed by atoms with Crippen molar-refractivity contribution < 1.29 is 17.4 Å². The summed E-state index contributed by atoms with van der Waals surface area (Å²) in [7, 11) is -2.09. The quantitative estimate of drug-likeness (QED) is 0.926. The van der Waals surface area contributed by atoms with Crippen LogP contribution in [0.3, 0.4) is 0 Å². The fourth-order valence-electron chi connectivity index (χ4n) is 2.38. The number of halogens is 3. The third kappa shape index (κ3) is 3.17. The lowest BCUT2D eigenvalue weighted by atomic mass is 10.1. The van der Waals surface area contributed by atoms with Crippen LogP contribution in [0.15, 0.2) is 23.1 Å². The van der Waals surface area contributed by atoms with Gasteiger partial charge in [-0.1, -0.05) is 6.07 Å². The van der Waals surface area contributed by atoms with Crippen LogP contribution in [0.4, 0.5) is 13.2 Å². The van der Waals surface area contributed by atoms with Gasteiger partial charge in [-0.2, -0.15) is 13.2 Å². The van der Waals surface area contributed by atoms with Gasteiger partial charge in [0.25, 0.3) is 0 Å². The topological polar surface area (TPSA) is 43.1 Å². The van der Waals surface area contributed by atoms with Crippen LogP contribution in [0.5, 0.6) is 0 Å². The molecule has 2 N–H and O–H groups in total. The Morgan fingerprint density at radius 2 is 1.95 bits per heavy atom. The Labute approximate surface area is 112 Å². The number of nitrogens with two attached hydrogens (primary N) is 1. The monoisotopic (exact) mass is 291 g/mol. The van der Waals surface area contributed by atoms with Gasteiger partial charge in [-0.05, 0) is 55.5 Å². The van der Waals surface area contributed by atoms with Gasteiger partial charge in [0.1, 0.15) is 5.25 Å². The van der Waals surface area contributed by atoms with Crippen molar-refractivity contribution in [1.82, 2.24) is 0 Å². The summed E-state index contributed by atoms with van der Waals surface area (Å²) in [6.45, 7) is -0.124. The maximum Gasteiger partial charge on any atom is 0.403 e. The molecule has 0 saturated carbocycles. The molecule has 0 heterocycles. The highest BCUT2D eigenvalue weighted by Gasteiger charge is 2.43. The van der Waals surface area contributed by atoms with E-state index in [1.807, 2.05) is 0 Å². The highest BCUT2D eigenvalue weighted by Crippen LogP contribution is 2.31. The lowest BCUT2D eigenvalue weighted by molar-refractivity contribution is -0.130. The van der Waals surface area contributed by atoms with E-state index in [1.165, 1.54) is 0 Å². The Morgan fingerprint density at radius 3 is 2.58 bits per heavy atom. The summed E-state index contributed by atoms with van der Waals surface area (Å²) in [4.78, 5) is 0.261. The van der Waals surface area contributed by atoms with Gasteiger partial charge in [0, 0.05) is 4.90 Å². The van der Waals surface area contributed by atoms with E-state index in [-0.39, 0.29) is 17.9 Å². The molecule has 106 valence electrons. The van der Waals surface area contributed by atoms with E-state index >= 15 is 0 Å². The molecule has 2 atom stereocenters. The molecule has 0 bridgehead atoms. The smallest absolute Gasteiger partial charge is 0.330 e. The van der Waals surface area contributed by atoms with Crippen LogP contribution in [0.25, 0.3) is 0 Å². The van der Waals surface area contributed by atoms with Crippen molar-refractivity contribution in [2.24, 2.45) is 5.73 Å². The van der Waals surface area contributed by atoms with Crippen molar-refractivity contribution in [2.45, 2.75) is 42.0 Å². The first kappa shape index (κ1) is 14.5. The Bertz CT molecular complexity index is 487. The van der Waals surface area contributed by atoms with Gasteiger partial charge in [-0.25, -0.2) is 0 Å². The number of fused-ring (bicyclic) bond motifs is 1. The second-order valence-electron chi connectivity index (χ2n) is 4.69. The molecule has 0 aromatic heterocycles. The summed E-state index contributed by atoms with van der Waals surface area (Å²) in [5.41, 5.74) is 7.38. The van der Waals surface area contributed by atoms with Crippen molar-refractivity contribution >= 4 is 10.8 Å². The number of benzene rings is 1. The minimum Gasteiger partial charge on any atom is -0.330 e. The largest absolute Gasteiger partial charge is 0.403 e. The molecule has 1 aromatic carbocycles. The average molecular weight is 291 g/mol. The molecule has 2 rings (SSSR count). The van der Waals surface area contributed by atoms with Crippen molar-refractivity contribution in [3.8, 4) is 0 Å². The van der Waals surface area contributed by atoms with Gasteiger partial charge in [-0.15, -0.1) is 0 Å². The number of alkyl halides is 3. The van der Waals surface area contributed by atoms with E-state index in [0.29, 0.717) is 0 Å². The molecule has 0 aliphatic heterocycles. The normalized spacial score (nSPS) is 18.1. The first-order valence-electron chi connectivity index (χ1n) is 6.22. The van der Waals surface area contributed by atoms with E-state index in [0.717, 1.165) is 30.4 Å². The van der Waals surface area contributed by atoms with Crippen LogP contribution in [0.2, 0.25) is 0 Å². The molecule has 2 nitrogen and oxygen atoms in total. The van der Waals surface area contributed by atoms with Gasteiger partial charge in [-0.3, -0.25) is 4.21 Å². The van der Waals surface area contributed by atoms with E-state index < -0.39 is 22.2 Å². The van der Waals surface area contributed by atoms with Gasteiger partial charge in [0.05, 0.1) is 10.8 Å². The molecule has 0 radical (unpaired) electrons. The molecule has 1 aliphatic carbocycles. The van der Waals surface area contributed by atoms with Crippen LogP contribution < -0.4 is 5.73 Å². The summed E-state index contributed by atoms with van der Waals surface area (Å²) < 4.78 is 50.7. The fourth-order valence-corrected chi connectivity index (χ4v) is 3.76. The molecule has 0 amide bonds. The average Bonchev–Trinajstić information content (AvgIpc) is 2.80. The van der Waals surface area contributed by atoms with Crippen molar-refractivity contribution in [3.63, 3.8) is 0 Å². The van der Waals surface area contributed by atoms with Crippen molar-refractivity contribution in [3.05, 3.63) is 29.3 Å². The Morgan fingerprint density at radius 1 is 1.26 bits per heavy atom. The summed E-state index contributed by atoms with van der Waals surface area (Å²) in [5, 5.41) is -1.88. The van der Waals surface area contributed by atoms with Gasteiger partial charge in [0.2, 0.25) is 0 Å². The van der Waals surface area contributed by atoms with E-state index in [2.05, 4.69) is 0 Å². The van der Waals surface area contributed by atoms with Gasteiger partial charge in [0.15, 0.2) is 0 Å². The molecule has 1 aliphatic rings. The highest BCUT2D eigenvalue weighted by molar-refractivity contribution is 7.85. The third-order valence-electron chi connectivity index (χ3n) is 3.35. The molecule has 0 fully saturated rings. The molecule has 1 aromatic rings. The molecule has 6 heteroatoms. The molecule has 2 unspecified atom stereocenters. The maximum absolute atomic E-state index is 12.9.